The fourth-order valence-corrected chi connectivity index (χ4v) is 2.11. The molecule has 2 aromatic rings. The number of nitrogens with one attached hydrogen (secondary N) is 2. The van der Waals surface area contributed by atoms with Gasteiger partial charge in [0.25, 0.3) is 0 Å². The Morgan fingerprint density at radius 2 is 2.38 bits per heavy atom. The molecule has 0 radical (unpaired) electrons. The van der Waals surface area contributed by atoms with Crippen molar-refractivity contribution >= 4 is 24.2 Å². The van der Waals surface area contributed by atoms with Crippen molar-refractivity contribution in [1.82, 2.24) is 20.1 Å². The van der Waals surface area contributed by atoms with Gasteiger partial charge >= 0.3 is 0 Å². The van der Waals surface area contributed by atoms with E-state index in [1.165, 1.54) is 6.08 Å². The Morgan fingerprint density at radius 3 is 3.00 bits per heavy atom. The van der Waals surface area contributed by atoms with E-state index in [2.05, 4.69) is 15.5 Å². The average molecular weight is 306 g/mol. The molecule has 2 N–H and O–H groups in total. The zero-order valence-corrected chi connectivity index (χ0v) is 12.9. The molecule has 2 heterocycles. The summed E-state index contributed by atoms with van der Waals surface area (Å²) in [5.41, 5.74) is 0. The quantitative estimate of drug-likeness (QED) is 0.634. The molecule has 0 aliphatic rings. The third-order valence-corrected chi connectivity index (χ3v) is 3.33. The molecule has 0 spiro atoms. The van der Waals surface area contributed by atoms with Crippen molar-refractivity contribution in [3.8, 4) is 0 Å². The standard InChI is InChI=1S/C14H18N4O2S/c1-3-11-4-5-12(20-11)6-7-13(19)15-8-9-18-10(2)16-17-14(18)21/h4-7H,3,8-9H2,1-2H3,(H,15,19)(H,17,21). The van der Waals surface area contributed by atoms with E-state index in [9.17, 15) is 4.79 Å². The lowest BCUT2D eigenvalue weighted by molar-refractivity contribution is -0.116. The molecule has 7 heteroatoms. The van der Waals surface area contributed by atoms with Crippen molar-refractivity contribution in [2.24, 2.45) is 0 Å². The Balaban J connectivity index is 1.81. The minimum Gasteiger partial charge on any atom is -0.462 e. The van der Waals surface area contributed by atoms with Gasteiger partial charge in [-0.05, 0) is 37.4 Å². The molecule has 0 bridgehead atoms. The summed E-state index contributed by atoms with van der Waals surface area (Å²) in [5.74, 6) is 2.21. The molecule has 112 valence electrons. The number of nitrogens with zero attached hydrogens (tertiary/aromatic N) is 2. The molecule has 21 heavy (non-hydrogen) atoms. The number of amides is 1. The maximum atomic E-state index is 11.7. The summed E-state index contributed by atoms with van der Waals surface area (Å²) in [4.78, 5) is 11.7. The number of rotatable bonds is 6. The summed E-state index contributed by atoms with van der Waals surface area (Å²) in [6.45, 7) is 4.94. The van der Waals surface area contributed by atoms with Gasteiger partial charge in [0.05, 0.1) is 0 Å². The van der Waals surface area contributed by atoms with E-state index in [4.69, 9.17) is 16.6 Å². The Labute approximate surface area is 127 Å². The van der Waals surface area contributed by atoms with Crippen molar-refractivity contribution in [3.05, 3.63) is 40.3 Å². The molecule has 0 atom stereocenters. The van der Waals surface area contributed by atoms with Crippen LogP contribution in [0.1, 0.15) is 24.3 Å². The Hall–Kier alpha value is -2.15. The number of furan rings is 1. The molecule has 2 rings (SSSR count). The molecule has 0 fully saturated rings. The molecule has 0 aliphatic carbocycles. The molecule has 6 nitrogen and oxygen atoms in total. The number of aromatic nitrogens is 3. The fourth-order valence-electron chi connectivity index (χ4n) is 1.84. The summed E-state index contributed by atoms with van der Waals surface area (Å²) in [6, 6.07) is 3.75. The zero-order valence-electron chi connectivity index (χ0n) is 12.0. The predicted octanol–water partition coefficient (Wildman–Crippen LogP) is 2.23. The number of carbonyl (C=O) groups excluding carboxylic acids is 1. The van der Waals surface area contributed by atoms with Gasteiger partial charge in [0.1, 0.15) is 17.3 Å². The van der Waals surface area contributed by atoms with E-state index >= 15 is 0 Å². The first-order chi connectivity index (χ1) is 10.1. The van der Waals surface area contributed by atoms with E-state index in [1.807, 2.05) is 30.5 Å². The van der Waals surface area contributed by atoms with Crippen LogP contribution in [0.4, 0.5) is 0 Å². The highest BCUT2D eigenvalue weighted by Crippen LogP contribution is 2.09. The van der Waals surface area contributed by atoms with Gasteiger partial charge in [0.2, 0.25) is 5.91 Å². The van der Waals surface area contributed by atoms with Crippen LogP contribution in [-0.4, -0.2) is 27.2 Å². The van der Waals surface area contributed by atoms with Gasteiger partial charge in [0.15, 0.2) is 4.77 Å². The van der Waals surface area contributed by atoms with Crippen molar-refractivity contribution in [2.75, 3.05) is 6.54 Å². The number of aryl methyl sites for hydroxylation is 2. The number of carbonyl (C=O) groups is 1. The highest BCUT2D eigenvalue weighted by Gasteiger charge is 2.02. The van der Waals surface area contributed by atoms with Gasteiger partial charge in [-0.3, -0.25) is 9.89 Å². The third-order valence-electron chi connectivity index (χ3n) is 3.01. The molecule has 0 saturated heterocycles. The minimum absolute atomic E-state index is 0.169. The lowest BCUT2D eigenvalue weighted by Crippen LogP contribution is -2.25. The smallest absolute Gasteiger partial charge is 0.244 e. The van der Waals surface area contributed by atoms with Gasteiger partial charge in [-0.25, -0.2) is 0 Å². The fraction of sp³-hybridized carbons (Fsp3) is 0.357. The van der Waals surface area contributed by atoms with Crippen LogP contribution < -0.4 is 5.32 Å². The summed E-state index contributed by atoms with van der Waals surface area (Å²) in [7, 11) is 0. The van der Waals surface area contributed by atoms with Crippen LogP contribution in [0, 0.1) is 11.7 Å². The summed E-state index contributed by atoms with van der Waals surface area (Å²) < 4.78 is 7.87. The number of aromatic amines is 1. The highest BCUT2D eigenvalue weighted by atomic mass is 32.1. The molecule has 2 aromatic heterocycles. The van der Waals surface area contributed by atoms with E-state index in [-0.39, 0.29) is 5.91 Å². The Bertz CT molecular complexity index is 696. The van der Waals surface area contributed by atoms with Crippen molar-refractivity contribution < 1.29 is 9.21 Å². The summed E-state index contributed by atoms with van der Waals surface area (Å²) in [6.07, 6.45) is 3.95. The number of H-pyrrole nitrogens is 1. The second-order valence-corrected chi connectivity index (χ2v) is 4.90. The third kappa shape index (κ3) is 4.16. The van der Waals surface area contributed by atoms with Crippen molar-refractivity contribution in [1.29, 1.82) is 0 Å². The SMILES string of the molecule is CCc1ccc(C=CC(=O)NCCn2c(C)n[nH]c2=S)o1. The van der Waals surface area contributed by atoms with Gasteiger partial charge in [-0.1, -0.05) is 6.92 Å². The van der Waals surface area contributed by atoms with Crippen LogP contribution in [0.3, 0.4) is 0 Å². The minimum atomic E-state index is -0.169. The van der Waals surface area contributed by atoms with Gasteiger partial charge < -0.3 is 14.3 Å². The molecule has 0 aliphatic heterocycles. The van der Waals surface area contributed by atoms with Crippen LogP contribution in [-0.2, 0) is 17.8 Å². The Kier molecular flexibility index (Phi) is 5.10. The largest absolute Gasteiger partial charge is 0.462 e. The van der Waals surface area contributed by atoms with Crippen LogP contribution in [0.2, 0.25) is 0 Å². The summed E-state index contributed by atoms with van der Waals surface area (Å²) >= 11 is 5.09. The first-order valence-corrected chi connectivity index (χ1v) is 7.17. The Morgan fingerprint density at radius 1 is 1.57 bits per heavy atom. The first kappa shape index (κ1) is 15.2. The molecule has 1 amide bonds. The van der Waals surface area contributed by atoms with Crippen LogP contribution in [0.15, 0.2) is 22.6 Å². The maximum absolute atomic E-state index is 11.7. The normalized spacial score (nSPS) is 11.1. The molecule has 0 unspecified atom stereocenters. The second-order valence-electron chi connectivity index (χ2n) is 4.51. The van der Waals surface area contributed by atoms with Crippen molar-refractivity contribution in [2.45, 2.75) is 26.8 Å². The van der Waals surface area contributed by atoms with Crippen molar-refractivity contribution in [3.63, 3.8) is 0 Å². The maximum Gasteiger partial charge on any atom is 0.244 e. The van der Waals surface area contributed by atoms with Gasteiger partial charge in [-0.15, -0.1) is 0 Å². The second kappa shape index (κ2) is 7.03. The number of hydrogen-bond acceptors (Lipinski definition) is 4. The van der Waals surface area contributed by atoms with E-state index < -0.39 is 0 Å². The van der Waals surface area contributed by atoms with Gasteiger partial charge in [-0.2, -0.15) is 5.10 Å². The summed E-state index contributed by atoms with van der Waals surface area (Å²) in [5, 5.41) is 9.50. The monoisotopic (exact) mass is 306 g/mol. The predicted molar refractivity (Wildman–Crippen MR) is 82.3 cm³/mol. The molecule has 0 saturated carbocycles. The van der Waals surface area contributed by atoms with Crippen LogP contribution >= 0.6 is 12.2 Å². The topological polar surface area (TPSA) is 75.8 Å². The van der Waals surface area contributed by atoms with E-state index in [0.717, 1.165) is 18.0 Å². The first-order valence-electron chi connectivity index (χ1n) is 6.76. The molecular weight excluding hydrogens is 288 g/mol. The van der Waals surface area contributed by atoms with E-state index in [1.54, 1.807) is 6.08 Å². The average Bonchev–Trinajstić information content (AvgIpc) is 3.06. The van der Waals surface area contributed by atoms with Crippen LogP contribution in [0.25, 0.3) is 6.08 Å². The molecular formula is C14H18N4O2S. The highest BCUT2D eigenvalue weighted by molar-refractivity contribution is 7.71. The van der Waals surface area contributed by atoms with E-state index in [0.29, 0.717) is 23.6 Å². The lowest BCUT2D eigenvalue weighted by Gasteiger charge is -2.04. The number of hydrogen-bond donors (Lipinski definition) is 2. The lowest BCUT2D eigenvalue weighted by atomic mass is 10.3. The zero-order chi connectivity index (χ0) is 15.2. The molecule has 0 aromatic carbocycles. The van der Waals surface area contributed by atoms with Gasteiger partial charge in [0, 0.05) is 25.6 Å². The van der Waals surface area contributed by atoms with Crippen LogP contribution in [0.5, 0.6) is 0 Å².